The zero-order valence-corrected chi connectivity index (χ0v) is 12.3. The number of hydrogen-bond acceptors (Lipinski definition) is 3. The van der Waals surface area contributed by atoms with E-state index in [1.807, 2.05) is 0 Å². The third-order valence-electron chi connectivity index (χ3n) is 2.58. The molecule has 5 nitrogen and oxygen atoms in total. The summed E-state index contributed by atoms with van der Waals surface area (Å²) in [4.78, 5) is 11.2. The molecule has 19 heavy (non-hydrogen) atoms. The maximum Gasteiger partial charge on any atom is 0.235 e. The summed E-state index contributed by atoms with van der Waals surface area (Å²) in [6.45, 7) is 3.43. The van der Waals surface area contributed by atoms with Crippen LogP contribution in [0.1, 0.15) is 19.4 Å². The van der Waals surface area contributed by atoms with Gasteiger partial charge in [-0.1, -0.05) is 43.6 Å². The van der Waals surface area contributed by atoms with Crippen LogP contribution in [0.5, 0.6) is 0 Å². The van der Waals surface area contributed by atoms with Crippen molar-refractivity contribution in [3.05, 3.63) is 34.9 Å². The van der Waals surface area contributed by atoms with Crippen molar-refractivity contribution in [2.24, 2.45) is 11.7 Å². The lowest BCUT2D eigenvalue weighted by Gasteiger charge is -2.19. The molecule has 1 aromatic carbocycles. The zero-order chi connectivity index (χ0) is 14.6. The van der Waals surface area contributed by atoms with Crippen molar-refractivity contribution in [1.82, 2.24) is 4.72 Å². The Morgan fingerprint density at radius 2 is 1.95 bits per heavy atom. The Labute approximate surface area is 118 Å². The minimum atomic E-state index is -3.68. The summed E-state index contributed by atoms with van der Waals surface area (Å²) in [6.07, 6.45) is 0. The fourth-order valence-electron chi connectivity index (χ4n) is 1.58. The van der Waals surface area contributed by atoms with Gasteiger partial charge in [0.1, 0.15) is 6.04 Å². The van der Waals surface area contributed by atoms with Gasteiger partial charge in [0, 0.05) is 5.02 Å². The van der Waals surface area contributed by atoms with Crippen LogP contribution < -0.4 is 10.5 Å². The van der Waals surface area contributed by atoms with Crippen LogP contribution in [-0.4, -0.2) is 20.4 Å². The van der Waals surface area contributed by atoms with Crippen LogP contribution in [0.15, 0.2) is 24.3 Å². The maximum atomic E-state index is 12.0. The van der Waals surface area contributed by atoms with Crippen molar-refractivity contribution in [2.75, 3.05) is 0 Å². The highest BCUT2D eigenvalue weighted by Crippen LogP contribution is 2.17. The number of nitrogens with two attached hydrogens (primary N) is 1. The number of nitrogens with one attached hydrogen (secondary N) is 1. The van der Waals surface area contributed by atoms with Gasteiger partial charge in [-0.05, 0) is 17.5 Å². The molecule has 0 saturated carbocycles. The van der Waals surface area contributed by atoms with Crippen LogP contribution in [0.4, 0.5) is 0 Å². The van der Waals surface area contributed by atoms with E-state index in [-0.39, 0.29) is 11.7 Å². The smallest absolute Gasteiger partial charge is 0.235 e. The molecular weight excluding hydrogens is 288 g/mol. The lowest BCUT2D eigenvalue weighted by Crippen LogP contribution is -2.47. The number of primary amides is 1. The van der Waals surface area contributed by atoms with E-state index in [1.54, 1.807) is 38.1 Å². The lowest BCUT2D eigenvalue weighted by molar-refractivity contribution is -0.120. The summed E-state index contributed by atoms with van der Waals surface area (Å²) in [5.74, 6) is -1.21. The summed E-state index contributed by atoms with van der Waals surface area (Å²) in [7, 11) is -3.68. The highest BCUT2D eigenvalue weighted by molar-refractivity contribution is 7.88. The number of rotatable bonds is 6. The van der Waals surface area contributed by atoms with Crippen molar-refractivity contribution < 1.29 is 13.2 Å². The van der Waals surface area contributed by atoms with Gasteiger partial charge in [0.25, 0.3) is 0 Å². The summed E-state index contributed by atoms with van der Waals surface area (Å²) in [6, 6.07) is 5.72. The molecule has 0 aliphatic rings. The van der Waals surface area contributed by atoms with Crippen LogP contribution in [0.25, 0.3) is 0 Å². The first-order chi connectivity index (χ1) is 8.73. The van der Waals surface area contributed by atoms with Crippen molar-refractivity contribution in [1.29, 1.82) is 0 Å². The largest absolute Gasteiger partial charge is 0.368 e. The van der Waals surface area contributed by atoms with Gasteiger partial charge in [-0.2, -0.15) is 0 Å². The monoisotopic (exact) mass is 304 g/mol. The first-order valence-corrected chi connectivity index (χ1v) is 7.78. The minimum absolute atomic E-state index is 0.224. The Morgan fingerprint density at radius 1 is 1.37 bits per heavy atom. The quantitative estimate of drug-likeness (QED) is 0.829. The molecule has 3 N–H and O–H groups in total. The highest BCUT2D eigenvalue weighted by atomic mass is 35.5. The molecule has 0 radical (unpaired) electrons. The standard InChI is InChI=1S/C12H17ClN2O3S/c1-8(2)11(12(14)16)15-19(17,18)7-9-5-3-4-6-10(9)13/h3-6,8,11,15H,7H2,1-2H3,(H2,14,16). The predicted octanol–water partition coefficient (Wildman–Crippen LogP) is 1.27. The van der Waals surface area contributed by atoms with Gasteiger partial charge in [0.05, 0.1) is 5.75 Å². The molecular formula is C12H17ClN2O3S. The Kier molecular flexibility index (Phi) is 5.34. The number of sulfonamides is 1. The number of halogens is 1. The van der Waals surface area contributed by atoms with Crippen LogP contribution in [0, 0.1) is 5.92 Å². The second-order valence-electron chi connectivity index (χ2n) is 4.59. The zero-order valence-electron chi connectivity index (χ0n) is 10.8. The number of hydrogen-bond donors (Lipinski definition) is 2. The predicted molar refractivity (Wildman–Crippen MR) is 75.0 cm³/mol. The van der Waals surface area contributed by atoms with Gasteiger partial charge < -0.3 is 5.73 Å². The summed E-state index contributed by atoms with van der Waals surface area (Å²) in [5, 5.41) is 0.369. The topological polar surface area (TPSA) is 89.3 Å². The maximum absolute atomic E-state index is 12.0. The molecule has 1 atom stereocenters. The number of benzene rings is 1. The van der Waals surface area contributed by atoms with Gasteiger partial charge in [0.15, 0.2) is 0 Å². The van der Waals surface area contributed by atoms with E-state index in [9.17, 15) is 13.2 Å². The van der Waals surface area contributed by atoms with Gasteiger partial charge in [-0.25, -0.2) is 13.1 Å². The van der Waals surface area contributed by atoms with Crippen molar-refractivity contribution in [3.63, 3.8) is 0 Å². The van der Waals surface area contributed by atoms with E-state index >= 15 is 0 Å². The molecule has 7 heteroatoms. The molecule has 1 unspecified atom stereocenters. The fraction of sp³-hybridized carbons (Fsp3) is 0.417. The second kappa shape index (κ2) is 6.36. The van der Waals surface area contributed by atoms with E-state index in [2.05, 4.69) is 4.72 Å². The molecule has 1 aromatic rings. The van der Waals surface area contributed by atoms with Gasteiger partial charge in [0.2, 0.25) is 15.9 Å². The number of carbonyl (C=O) groups is 1. The Hall–Kier alpha value is -1.11. The van der Waals surface area contributed by atoms with E-state index in [0.717, 1.165) is 0 Å². The minimum Gasteiger partial charge on any atom is -0.368 e. The van der Waals surface area contributed by atoms with E-state index in [1.165, 1.54) is 0 Å². The summed E-state index contributed by atoms with van der Waals surface area (Å²) >= 11 is 5.91. The third kappa shape index (κ3) is 4.81. The molecule has 0 fully saturated rings. The lowest BCUT2D eigenvalue weighted by atomic mass is 10.1. The second-order valence-corrected chi connectivity index (χ2v) is 6.75. The Bertz CT molecular complexity index is 558. The average Bonchev–Trinajstić information content (AvgIpc) is 2.28. The average molecular weight is 305 g/mol. The Balaban J connectivity index is 2.88. The normalized spacial score (nSPS) is 13.5. The van der Waals surface area contributed by atoms with Crippen LogP contribution in [0.3, 0.4) is 0 Å². The first-order valence-electron chi connectivity index (χ1n) is 5.75. The molecule has 0 aliphatic heterocycles. The first kappa shape index (κ1) is 15.9. The number of carbonyl (C=O) groups excluding carboxylic acids is 1. The van der Waals surface area contributed by atoms with Crippen LogP contribution >= 0.6 is 11.6 Å². The molecule has 0 heterocycles. The molecule has 106 valence electrons. The summed E-state index contributed by atoms with van der Waals surface area (Å²) in [5.41, 5.74) is 5.65. The van der Waals surface area contributed by atoms with Crippen LogP contribution in [-0.2, 0) is 20.6 Å². The summed E-state index contributed by atoms with van der Waals surface area (Å²) < 4.78 is 26.3. The molecule has 0 saturated heterocycles. The molecule has 1 amide bonds. The van der Waals surface area contributed by atoms with Crippen molar-refractivity contribution in [3.8, 4) is 0 Å². The van der Waals surface area contributed by atoms with Gasteiger partial charge in [-0.15, -0.1) is 0 Å². The van der Waals surface area contributed by atoms with E-state index < -0.39 is 22.0 Å². The Morgan fingerprint density at radius 3 is 2.42 bits per heavy atom. The highest BCUT2D eigenvalue weighted by Gasteiger charge is 2.25. The van der Waals surface area contributed by atoms with E-state index in [4.69, 9.17) is 17.3 Å². The van der Waals surface area contributed by atoms with Crippen molar-refractivity contribution in [2.45, 2.75) is 25.6 Å². The SMILES string of the molecule is CC(C)C(NS(=O)(=O)Cc1ccccc1Cl)C(N)=O. The van der Waals surface area contributed by atoms with E-state index in [0.29, 0.717) is 10.6 Å². The molecule has 0 bridgehead atoms. The molecule has 1 rings (SSSR count). The van der Waals surface area contributed by atoms with Crippen LogP contribution in [0.2, 0.25) is 5.02 Å². The molecule has 0 aromatic heterocycles. The molecule has 0 spiro atoms. The van der Waals surface area contributed by atoms with Gasteiger partial charge >= 0.3 is 0 Å². The number of amides is 1. The molecule has 0 aliphatic carbocycles. The van der Waals surface area contributed by atoms with Gasteiger partial charge in [-0.3, -0.25) is 4.79 Å². The third-order valence-corrected chi connectivity index (χ3v) is 4.26. The van der Waals surface area contributed by atoms with Crippen molar-refractivity contribution >= 4 is 27.5 Å². The fourth-order valence-corrected chi connectivity index (χ4v) is 3.38.